The molecule has 2 N–H and O–H groups in total. The van der Waals surface area contributed by atoms with Gasteiger partial charge in [0, 0.05) is 38.6 Å². The second-order valence-corrected chi connectivity index (χ2v) is 13.3. The number of rotatable bonds is 5. The topological polar surface area (TPSA) is 35.9 Å². The van der Waals surface area contributed by atoms with Gasteiger partial charge in [-0.15, -0.1) is 0 Å². The van der Waals surface area contributed by atoms with E-state index in [1.807, 2.05) is 12.1 Å². The lowest BCUT2D eigenvalue weighted by atomic mass is 10.0. The van der Waals surface area contributed by atoms with Crippen molar-refractivity contribution in [1.29, 1.82) is 0 Å². The smallest absolute Gasteiger partial charge is 0.0541 e. The predicted octanol–water partition coefficient (Wildman–Crippen LogP) is 12.5. The largest absolute Gasteiger partial charge is 0.399 e. The average molecular weight is 652 g/mol. The van der Waals surface area contributed by atoms with Crippen molar-refractivity contribution >= 4 is 49.3 Å². The number of aromatic nitrogens is 2. The van der Waals surface area contributed by atoms with Crippen LogP contribution in [0.2, 0.25) is 0 Å². The van der Waals surface area contributed by atoms with Crippen molar-refractivity contribution < 1.29 is 0 Å². The number of anilines is 1. The highest BCUT2D eigenvalue weighted by Gasteiger charge is 2.16. The minimum absolute atomic E-state index is 0.775. The van der Waals surface area contributed by atoms with Crippen molar-refractivity contribution in [1.82, 2.24) is 9.13 Å². The minimum Gasteiger partial charge on any atom is -0.399 e. The van der Waals surface area contributed by atoms with Gasteiger partial charge in [-0.1, -0.05) is 115 Å². The van der Waals surface area contributed by atoms with Crippen LogP contribution in [0, 0.1) is 0 Å². The molecule has 3 nitrogen and oxygen atoms in total. The Morgan fingerprint density at radius 1 is 0.275 bits per heavy atom. The first-order valence-electron chi connectivity index (χ1n) is 17.4. The first-order valence-corrected chi connectivity index (χ1v) is 17.4. The van der Waals surface area contributed by atoms with E-state index in [0.29, 0.717) is 0 Å². The number of nitrogens with zero attached hydrogens (tertiary/aromatic N) is 2. The number of para-hydroxylation sites is 2. The maximum atomic E-state index is 5.93. The predicted molar refractivity (Wildman–Crippen MR) is 216 cm³/mol. The molecule has 10 rings (SSSR count). The Labute approximate surface area is 296 Å². The van der Waals surface area contributed by atoms with Crippen LogP contribution in [0.3, 0.4) is 0 Å². The molecule has 0 fully saturated rings. The van der Waals surface area contributed by atoms with Crippen molar-refractivity contribution in [3.63, 3.8) is 0 Å². The van der Waals surface area contributed by atoms with Crippen molar-refractivity contribution in [2.45, 2.75) is 0 Å². The average Bonchev–Trinajstić information content (AvgIpc) is 3.71. The maximum Gasteiger partial charge on any atom is 0.0541 e. The van der Waals surface area contributed by atoms with Crippen LogP contribution < -0.4 is 5.73 Å². The Hall–Kier alpha value is -6.84. The fraction of sp³-hybridized carbons (Fsp3) is 0. The van der Waals surface area contributed by atoms with Gasteiger partial charge in [0.1, 0.15) is 0 Å². The number of benzene rings is 8. The molecule has 2 heterocycles. The molecule has 2 aromatic heterocycles. The van der Waals surface area contributed by atoms with Gasteiger partial charge in [0.2, 0.25) is 0 Å². The number of hydrogen-bond acceptors (Lipinski definition) is 1. The number of nitrogen functional groups attached to an aromatic ring is 1. The Morgan fingerprint density at radius 3 is 1.31 bits per heavy atom. The first-order chi connectivity index (χ1) is 25.2. The first kappa shape index (κ1) is 29.1. The Kier molecular flexibility index (Phi) is 6.65. The van der Waals surface area contributed by atoms with Crippen molar-refractivity contribution in [2.75, 3.05) is 5.73 Å². The molecular formula is C48H33N3. The quantitative estimate of drug-likeness (QED) is 0.185. The van der Waals surface area contributed by atoms with Crippen LogP contribution in [-0.4, -0.2) is 9.13 Å². The zero-order valence-corrected chi connectivity index (χ0v) is 27.9. The summed E-state index contributed by atoms with van der Waals surface area (Å²) in [5.41, 5.74) is 21.0. The molecule has 51 heavy (non-hydrogen) atoms. The molecule has 240 valence electrons. The second kappa shape index (κ2) is 11.6. The van der Waals surface area contributed by atoms with Gasteiger partial charge in [0.15, 0.2) is 0 Å². The highest BCUT2D eigenvalue weighted by atomic mass is 15.0. The van der Waals surface area contributed by atoms with Crippen LogP contribution in [0.4, 0.5) is 5.69 Å². The lowest BCUT2D eigenvalue weighted by Crippen LogP contribution is -1.94. The number of hydrogen-bond donors (Lipinski definition) is 1. The summed E-state index contributed by atoms with van der Waals surface area (Å²) in [5.74, 6) is 0. The summed E-state index contributed by atoms with van der Waals surface area (Å²) in [4.78, 5) is 0. The summed E-state index contributed by atoms with van der Waals surface area (Å²) in [6.45, 7) is 0. The van der Waals surface area contributed by atoms with Gasteiger partial charge in [-0.2, -0.15) is 0 Å². The molecule has 0 aliphatic carbocycles. The molecular weight excluding hydrogens is 619 g/mol. The molecule has 0 bridgehead atoms. The van der Waals surface area contributed by atoms with Gasteiger partial charge in [-0.05, 0) is 106 Å². The summed E-state index contributed by atoms with van der Waals surface area (Å²) in [6.07, 6.45) is 0. The number of nitrogens with two attached hydrogens (primary N) is 1. The van der Waals surface area contributed by atoms with E-state index >= 15 is 0 Å². The molecule has 0 saturated heterocycles. The molecule has 0 saturated carbocycles. The molecule has 10 aromatic rings. The molecule has 0 spiro atoms. The van der Waals surface area contributed by atoms with E-state index in [4.69, 9.17) is 5.73 Å². The van der Waals surface area contributed by atoms with Crippen LogP contribution >= 0.6 is 0 Å². The van der Waals surface area contributed by atoms with Gasteiger partial charge >= 0.3 is 0 Å². The van der Waals surface area contributed by atoms with E-state index in [1.54, 1.807) is 0 Å². The maximum absolute atomic E-state index is 5.93. The summed E-state index contributed by atoms with van der Waals surface area (Å²) in [7, 11) is 0. The SMILES string of the molecule is Nc1ccc(-c2ccc(-n3c4ccccc4c4cc(-c5ccc6c(c5)c5ccccc5n6-c5cccc(-c6ccccc6)c5)ccc43)cc2)cc1. The Morgan fingerprint density at radius 2 is 0.706 bits per heavy atom. The van der Waals surface area contributed by atoms with Crippen LogP contribution in [0.25, 0.3) is 88.4 Å². The van der Waals surface area contributed by atoms with Crippen LogP contribution in [0.15, 0.2) is 188 Å². The molecule has 3 heteroatoms. The van der Waals surface area contributed by atoms with Gasteiger partial charge in [0.25, 0.3) is 0 Å². The third-order valence-electron chi connectivity index (χ3n) is 10.3. The van der Waals surface area contributed by atoms with Crippen molar-refractivity contribution in [3.05, 3.63) is 188 Å². The third-order valence-corrected chi connectivity index (χ3v) is 10.3. The summed E-state index contributed by atoms with van der Waals surface area (Å²) in [6, 6.07) is 67.6. The highest BCUT2D eigenvalue weighted by molar-refractivity contribution is 6.12. The molecule has 0 amide bonds. The molecule has 0 aliphatic rings. The zero-order chi connectivity index (χ0) is 33.9. The highest BCUT2D eigenvalue weighted by Crippen LogP contribution is 2.39. The van der Waals surface area contributed by atoms with Gasteiger partial charge in [-0.25, -0.2) is 0 Å². The van der Waals surface area contributed by atoms with Crippen LogP contribution in [-0.2, 0) is 0 Å². The van der Waals surface area contributed by atoms with Crippen LogP contribution in [0.5, 0.6) is 0 Å². The van der Waals surface area contributed by atoms with E-state index in [-0.39, 0.29) is 0 Å². The minimum atomic E-state index is 0.775. The van der Waals surface area contributed by atoms with E-state index < -0.39 is 0 Å². The van der Waals surface area contributed by atoms with Crippen LogP contribution in [0.1, 0.15) is 0 Å². The van der Waals surface area contributed by atoms with E-state index in [9.17, 15) is 0 Å². The standard InChI is InChI=1S/C48H33N3/c49-38-23-17-33(18-24-38)34-19-25-39(26-20-34)50-45-15-6-4-13-41(45)43-30-36(21-27-47(43)50)37-22-28-48-44(31-37)42-14-5-7-16-46(42)51(48)40-12-8-11-35(29-40)32-9-2-1-3-10-32/h1-31H,49H2. The molecule has 8 aromatic carbocycles. The summed E-state index contributed by atoms with van der Waals surface area (Å²) < 4.78 is 4.78. The summed E-state index contributed by atoms with van der Waals surface area (Å²) in [5, 5.41) is 4.98. The molecule has 0 atom stereocenters. The molecule has 0 radical (unpaired) electrons. The zero-order valence-electron chi connectivity index (χ0n) is 27.9. The third kappa shape index (κ3) is 4.82. The van der Waals surface area contributed by atoms with Gasteiger partial charge < -0.3 is 14.9 Å². The molecule has 0 aliphatic heterocycles. The van der Waals surface area contributed by atoms with E-state index in [2.05, 4.69) is 185 Å². The number of fused-ring (bicyclic) bond motifs is 6. The Bertz CT molecular complexity index is 2890. The monoisotopic (exact) mass is 651 g/mol. The summed E-state index contributed by atoms with van der Waals surface area (Å²) >= 11 is 0. The lowest BCUT2D eigenvalue weighted by Gasteiger charge is -2.11. The normalized spacial score (nSPS) is 11.6. The van der Waals surface area contributed by atoms with Crippen molar-refractivity contribution in [3.8, 4) is 44.8 Å². The molecule has 0 unspecified atom stereocenters. The van der Waals surface area contributed by atoms with Gasteiger partial charge in [-0.3, -0.25) is 0 Å². The Balaban J connectivity index is 1.09. The van der Waals surface area contributed by atoms with E-state index in [1.165, 1.54) is 71.4 Å². The van der Waals surface area contributed by atoms with Gasteiger partial charge in [0.05, 0.1) is 22.1 Å². The van der Waals surface area contributed by atoms with E-state index in [0.717, 1.165) is 22.6 Å². The second-order valence-electron chi connectivity index (χ2n) is 13.3. The fourth-order valence-corrected chi connectivity index (χ4v) is 7.79. The fourth-order valence-electron chi connectivity index (χ4n) is 7.79. The lowest BCUT2D eigenvalue weighted by molar-refractivity contribution is 1.18. The van der Waals surface area contributed by atoms with Crippen molar-refractivity contribution in [2.24, 2.45) is 0 Å².